The zero-order valence-corrected chi connectivity index (χ0v) is 11.0. The van der Waals surface area contributed by atoms with Gasteiger partial charge in [0.2, 0.25) is 5.96 Å². The van der Waals surface area contributed by atoms with Gasteiger partial charge in [-0.3, -0.25) is 10.4 Å². The van der Waals surface area contributed by atoms with Gasteiger partial charge in [-0.05, 0) is 24.1 Å². The van der Waals surface area contributed by atoms with Crippen molar-refractivity contribution in [3.05, 3.63) is 30.1 Å². The first kappa shape index (κ1) is 14.4. The summed E-state index contributed by atoms with van der Waals surface area (Å²) in [5, 5.41) is 0. The largest absolute Gasteiger partial charge is 0.383 e. The van der Waals surface area contributed by atoms with Gasteiger partial charge in [0.15, 0.2) is 0 Å². The van der Waals surface area contributed by atoms with E-state index in [2.05, 4.69) is 15.4 Å². The Balaban J connectivity index is 2.42. The third-order valence-electron chi connectivity index (χ3n) is 2.53. The summed E-state index contributed by atoms with van der Waals surface area (Å²) >= 11 is 0. The first-order valence-corrected chi connectivity index (χ1v) is 5.88. The SMILES string of the molecule is COCCN=C(NN)N(C)CCc1ccncc1. The third kappa shape index (κ3) is 5.11. The number of hydrazine groups is 1. The van der Waals surface area contributed by atoms with Crippen LogP contribution in [0.3, 0.4) is 0 Å². The average Bonchev–Trinajstić information content (AvgIpc) is 2.42. The second-order valence-electron chi connectivity index (χ2n) is 3.87. The molecule has 0 saturated heterocycles. The maximum atomic E-state index is 5.45. The highest BCUT2D eigenvalue weighted by Gasteiger charge is 2.04. The minimum Gasteiger partial charge on any atom is -0.383 e. The molecule has 0 spiro atoms. The molecule has 100 valence electrons. The van der Waals surface area contributed by atoms with E-state index in [0.717, 1.165) is 13.0 Å². The molecule has 1 rings (SSSR count). The molecule has 1 aromatic rings. The van der Waals surface area contributed by atoms with Gasteiger partial charge in [-0.25, -0.2) is 10.8 Å². The fourth-order valence-electron chi connectivity index (χ4n) is 1.47. The predicted molar refractivity (Wildman–Crippen MR) is 72.1 cm³/mol. The molecule has 0 fully saturated rings. The van der Waals surface area contributed by atoms with Gasteiger partial charge in [0.1, 0.15) is 0 Å². The van der Waals surface area contributed by atoms with Gasteiger partial charge in [-0.1, -0.05) is 0 Å². The molecule has 18 heavy (non-hydrogen) atoms. The molecule has 0 aliphatic carbocycles. The zero-order valence-electron chi connectivity index (χ0n) is 11.0. The van der Waals surface area contributed by atoms with E-state index in [1.165, 1.54) is 5.56 Å². The van der Waals surface area contributed by atoms with Crippen LogP contribution in [0.2, 0.25) is 0 Å². The highest BCUT2D eigenvalue weighted by atomic mass is 16.5. The van der Waals surface area contributed by atoms with Gasteiger partial charge in [-0.2, -0.15) is 0 Å². The Kier molecular flexibility index (Phi) is 6.75. The number of nitrogens with zero attached hydrogens (tertiary/aromatic N) is 3. The maximum Gasteiger partial charge on any atom is 0.208 e. The summed E-state index contributed by atoms with van der Waals surface area (Å²) in [5.41, 5.74) is 3.85. The third-order valence-corrected chi connectivity index (χ3v) is 2.53. The number of aliphatic imine (C=N–C) groups is 1. The molecule has 0 aliphatic rings. The average molecular weight is 251 g/mol. The van der Waals surface area contributed by atoms with E-state index >= 15 is 0 Å². The van der Waals surface area contributed by atoms with Gasteiger partial charge < -0.3 is 9.64 Å². The van der Waals surface area contributed by atoms with Crippen LogP contribution in [0.1, 0.15) is 5.56 Å². The van der Waals surface area contributed by atoms with Crippen molar-refractivity contribution in [1.29, 1.82) is 0 Å². The van der Waals surface area contributed by atoms with E-state index in [9.17, 15) is 0 Å². The minimum atomic E-state index is 0.587. The van der Waals surface area contributed by atoms with Crippen LogP contribution in [0.15, 0.2) is 29.5 Å². The smallest absolute Gasteiger partial charge is 0.208 e. The lowest BCUT2D eigenvalue weighted by Gasteiger charge is -2.20. The van der Waals surface area contributed by atoms with E-state index in [-0.39, 0.29) is 0 Å². The van der Waals surface area contributed by atoms with Gasteiger partial charge in [0.05, 0.1) is 13.2 Å². The molecule has 0 aliphatic heterocycles. The number of rotatable bonds is 6. The van der Waals surface area contributed by atoms with Crippen LogP contribution in [0, 0.1) is 0 Å². The summed E-state index contributed by atoms with van der Waals surface area (Å²) < 4.78 is 4.94. The van der Waals surface area contributed by atoms with Crippen LogP contribution in [0.5, 0.6) is 0 Å². The molecule has 0 amide bonds. The van der Waals surface area contributed by atoms with Gasteiger partial charge in [0, 0.05) is 33.1 Å². The number of nitrogens with one attached hydrogen (secondary N) is 1. The van der Waals surface area contributed by atoms with Crippen LogP contribution in [0.25, 0.3) is 0 Å². The highest BCUT2D eigenvalue weighted by Crippen LogP contribution is 1.99. The number of ether oxygens (including phenoxy) is 1. The highest BCUT2D eigenvalue weighted by molar-refractivity contribution is 5.79. The van der Waals surface area contributed by atoms with E-state index in [1.807, 2.05) is 24.1 Å². The zero-order chi connectivity index (χ0) is 13.2. The Labute approximate surface area is 108 Å². The molecular weight excluding hydrogens is 230 g/mol. The molecule has 1 heterocycles. The Bertz CT molecular complexity index is 355. The maximum absolute atomic E-state index is 5.45. The van der Waals surface area contributed by atoms with Crippen LogP contribution >= 0.6 is 0 Å². The van der Waals surface area contributed by atoms with Crippen molar-refractivity contribution in [3.8, 4) is 0 Å². The molecule has 6 nitrogen and oxygen atoms in total. The van der Waals surface area contributed by atoms with Gasteiger partial charge >= 0.3 is 0 Å². The van der Waals surface area contributed by atoms with Crippen LogP contribution in [0.4, 0.5) is 0 Å². The summed E-state index contributed by atoms with van der Waals surface area (Å²) in [6.07, 6.45) is 4.51. The van der Waals surface area contributed by atoms with E-state index < -0.39 is 0 Å². The summed E-state index contributed by atoms with van der Waals surface area (Å²) in [7, 11) is 3.60. The number of methoxy groups -OCH3 is 1. The predicted octanol–water partition coefficient (Wildman–Crippen LogP) is 0.0216. The second kappa shape index (κ2) is 8.43. The van der Waals surface area contributed by atoms with Crippen molar-refractivity contribution in [3.63, 3.8) is 0 Å². The monoisotopic (exact) mass is 251 g/mol. The summed E-state index contributed by atoms with van der Waals surface area (Å²) in [5.74, 6) is 6.12. The van der Waals surface area contributed by atoms with Crippen molar-refractivity contribution in [2.45, 2.75) is 6.42 Å². The molecule has 0 bridgehead atoms. The minimum absolute atomic E-state index is 0.587. The first-order chi connectivity index (χ1) is 8.77. The van der Waals surface area contributed by atoms with Crippen molar-refractivity contribution in [2.75, 3.05) is 33.9 Å². The lowest BCUT2D eigenvalue weighted by Crippen LogP contribution is -2.43. The quantitative estimate of drug-likeness (QED) is 0.245. The lowest BCUT2D eigenvalue weighted by atomic mass is 10.2. The molecule has 0 atom stereocenters. The Morgan fingerprint density at radius 3 is 2.83 bits per heavy atom. The number of aromatic nitrogens is 1. The lowest BCUT2D eigenvalue weighted by molar-refractivity contribution is 0.207. The number of hydrogen-bond donors (Lipinski definition) is 2. The van der Waals surface area contributed by atoms with E-state index in [1.54, 1.807) is 19.5 Å². The number of pyridine rings is 1. The topological polar surface area (TPSA) is 75.8 Å². The first-order valence-electron chi connectivity index (χ1n) is 5.88. The number of nitrogens with two attached hydrogens (primary N) is 1. The van der Waals surface area contributed by atoms with Crippen molar-refractivity contribution in [1.82, 2.24) is 15.3 Å². The van der Waals surface area contributed by atoms with Gasteiger partial charge in [-0.15, -0.1) is 0 Å². The van der Waals surface area contributed by atoms with E-state index in [0.29, 0.717) is 19.1 Å². The van der Waals surface area contributed by atoms with Crippen LogP contribution < -0.4 is 11.3 Å². The summed E-state index contributed by atoms with van der Waals surface area (Å²) in [4.78, 5) is 10.3. The van der Waals surface area contributed by atoms with Crippen LogP contribution in [-0.2, 0) is 11.2 Å². The standard InChI is InChI=1S/C12H21N5O/c1-17(12(16-13)15-8-10-18-2)9-5-11-3-6-14-7-4-11/h3-4,6-7H,5,8-10,13H2,1-2H3,(H,15,16). The molecule has 0 aromatic carbocycles. The van der Waals surface area contributed by atoms with Crippen molar-refractivity contribution in [2.24, 2.45) is 10.8 Å². The second-order valence-corrected chi connectivity index (χ2v) is 3.87. The summed E-state index contributed by atoms with van der Waals surface area (Å²) in [6.45, 7) is 2.01. The van der Waals surface area contributed by atoms with E-state index in [4.69, 9.17) is 10.6 Å². The molecule has 6 heteroatoms. The molecule has 0 saturated carbocycles. The number of hydrogen-bond acceptors (Lipinski definition) is 4. The molecule has 1 aromatic heterocycles. The Hall–Kier alpha value is -1.66. The fraction of sp³-hybridized carbons (Fsp3) is 0.500. The number of guanidine groups is 1. The normalized spacial score (nSPS) is 11.4. The molecular formula is C12H21N5O. The molecule has 3 N–H and O–H groups in total. The van der Waals surface area contributed by atoms with Crippen molar-refractivity contribution < 1.29 is 4.74 Å². The Morgan fingerprint density at radius 2 is 2.22 bits per heavy atom. The Morgan fingerprint density at radius 1 is 1.50 bits per heavy atom. The van der Waals surface area contributed by atoms with Crippen LogP contribution in [-0.4, -0.2) is 49.7 Å². The molecule has 0 unspecified atom stereocenters. The fourth-order valence-corrected chi connectivity index (χ4v) is 1.47. The van der Waals surface area contributed by atoms with Crippen molar-refractivity contribution >= 4 is 5.96 Å². The van der Waals surface area contributed by atoms with Gasteiger partial charge in [0.25, 0.3) is 0 Å². The molecule has 0 radical (unpaired) electrons. The summed E-state index contributed by atoms with van der Waals surface area (Å²) in [6, 6.07) is 4.01. The number of likely N-dealkylation sites (N-methyl/N-ethyl adjacent to an activating group) is 1.